The van der Waals surface area contributed by atoms with Gasteiger partial charge in [0.05, 0.1) is 6.61 Å². The lowest BCUT2D eigenvalue weighted by atomic mass is 10.4. The van der Waals surface area contributed by atoms with Crippen LogP contribution in [-0.2, 0) is 0 Å². The predicted molar refractivity (Wildman–Crippen MR) is 66.5 cm³/mol. The molecule has 4 heteroatoms. The van der Waals surface area contributed by atoms with Crippen molar-refractivity contribution in [3.8, 4) is 5.88 Å². The van der Waals surface area contributed by atoms with Gasteiger partial charge in [0.2, 0.25) is 5.88 Å². The van der Waals surface area contributed by atoms with E-state index in [1.807, 2.05) is 25.1 Å². The molecule has 0 unspecified atom stereocenters. The van der Waals surface area contributed by atoms with Crippen molar-refractivity contribution in [1.82, 2.24) is 4.98 Å². The average molecular weight is 241 g/mol. The molecule has 0 spiro atoms. The number of aromatic nitrogens is 1. The van der Waals surface area contributed by atoms with Gasteiger partial charge in [-0.2, -0.15) is 4.98 Å². The highest BCUT2D eigenvalue weighted by molar-refractivity contribution is 6.18. The largest absolute Gasteiger partial charge is 0.478 e. The summed E-state index contributed by atoms with van der Waals surface area (Å²) in [5.74, 6) is 2.31. The Labute approximate surface area is 101 Å². The molecule has 0 amide bonds. The fourth-order valence-electron chi connectivity index (χ4n) is 1.75. The van der Waals surface area contributed by atoms with Crippen LogP contribution in [0.1, 0.15) is 19.8 Å². The zero-order valence-electron chi connectivity index (χ0n) is 9.53. The Balaban J connectivity index is 2.12. The van der Waals surface area contributed by atoms with Crippen LogP contribution in [0.5, 0.6) is 5.88 Å². The fraction of sp³-hybridized carbons (Fsp3) is 0.583. The maximum atomic E-state index is 5.82. The van der Waals surface area contributed by atoms with E-state index in [0.717, 1.165) is 12.4 Å². The summed E-state index contributed by atoms with van der Waals surface area (Å²) >= 11 is 5.82. The summed E-state index contributed by atoms with van der Waals surface area (Å²) in [5, 5.41) is 0. The summed E-state index contributed by atoms with van der Waals surface area (Å²) < 4.78 is 5.40. The minimum atomic E-state index is 0.628. The summed E-state index contributed by atoms with van der Waals surface area (Å²) in [6, 6.07) is 6.52. The molecule has 1 aromatic heterocycles. The second kappa shape index (κ2) is 5.39. The van der Waals surface area contributed by atoms with Crippen LogP contribution in [0.4, 0.5) is 5.82 Å². The smallest absolute Gasteiger partial charge is 0.215 e. The van der Waals surface area contributed by atoms with E-state index >= 15 is 0 Å². The lowest BCUT2D eigenvalue weighted by molar-refractivity contribution is 0.327. The van der Waals surface area contributed by atoms with E-state index < -0.39 is 0 Å². The van der Waals surface area contributed by atoms with E-state index in [0.29, 0.717) is 24.4 Å². The van der Waals surface area contributed by atoms with Crippen LogP contribution in [0.15, 0.2) is 18.2 Å². The number of hydrogen-bond acceptors (Lipinski definition) is 3. The molecular weight excluding hydrogens is 224 g/mol. The Morgan fingerprint density at radius 3 is 2.94 bits per heavy atom. The van der Waals surface area contributed by atoms with Crippen molar-refractivity contribution in [3.05, 3.63) is 18.2 Å². The summed E-state index contributed by atoms with van der Waals surface area (Å²) in [6.07, 6.45) is 2.49. The van der Waals surface area contributed by atoms with Crippen LogP contribution in [-0.4, -0.2) is 30.1 Å². The highest BCUT2D eigenvalue weighted by atomic mass is 35.5. The quantitative estimate of drug-likeness (QED) is 0.715. The van der Waals surface area contributed by atoms with Crippen molar-refractivity contribution < 1.29 is 4.74 Å². The number of pyridine rings is 1. The van der Waals surface area contributed by atoms with Crippen molar-refractivity contribution in [2.45, 2.75) is 25.8 Å². The first-order valence-corrected chi connectivity index (χ1v) is 6.31. The Kier molecular flexibility index (Phi) is 3.88. The van der Waals surface area contributed by atoms with Crippen LogP contribution in [0, 0.1) is 0 Å². The van der Waals surface area contributed by atoms with Gasteiger partial charge in [0.1, 0.15) is 5.82 Å². The molecule has 0 bridgehead atoms. The van der Waals surface area contributed by atoms with Gasteiger partial charge in [0, 0.05) is 24.5 Å². The Bertz CT molecular complexity index is 342. The molecule has 88 valence electrons. The van der Waals surface area contributed by atoms with Gasteiger partial charge >= 0.3 is 0 Å². The second-order valence-electron chi connectivity index (χ2n) is 3.88. The number of nitrogens with zero attached hydrogens (tertiary/aromatic N) is 2. The van der Waals surface area contributed by atoms with Crippen LogP contribution in [0.2, 0.25) is 0 Å². The Morgan fingerprint density at radius 2 is 2.31 bits per heavy atom. The van der Waals surface area contributed by atoms with Crippen LogP contribution < -0.4 is 9.64 Å². The molecule has 3 nitrogen and oxygen atoms in total. The fourth-order valence-corrected chi connectivity index (χ4v) is 1.94. The van der Waals surface area contributed by atoms with Crippen LogP contribution >= 0.6 is 11.6 Å². The molecule has 1 aliphatic carbocycles. The standard InChI is InChI=1S/C12H17ClN2O/c1-2-16-12-5-3-4-11(14-12)15(9-8-13)10-6-7-10/h3-5,10H,2,6-9H2,1H3. The predicted octanol–water partition coefficient (Wildman–Crippen LogP) is 2.69. The highest BCUT2D eigenvalue weighted by Gasteiger charge is 2.29. The third-order valence-electron chi connectivity index (χ3n) is 2.61. The number of ether oxygens (including phenoxy) is 1. The monoisotopic (exact) mass is 240 g/mol. The molecule has 1 aliphatic rings. The van der Waals surface area contributed by atoms with Gasteiger partial charge in [0.15, 0.2) is 0 Å². The van der Waals surface area contributed by atoms with E-state index in [4.69, 9.17) is 16.3 Å². The minimum absolute atomic E-state index is 0.628. The molecule has 0 aromatic carbocycles. The first kappa shape index (κ1) is 11.5. The van der Waals surface area contributed by atoms with E-state index in [9.17, 15) is 0 Å². The van der Waals surface area contributed by atoms with Crippen molar-refractivity contribution >= 4 is 17.4 Å². The zero-order chi connectivity index (χ0) is 11.4. The maximum absolute atomic E-state index is 5.82. The third kappa shape index (κ3) is 2.79. The maximum Gasteiger partial charge on any atom is 0.215 e. The average Bonchev–Trinajstić information content (AvgIpc) is 3.11. The van der Waals surface area contributed by atoms with Gasteiger partial charge in [-0.05, 0) is 25.8 Å². The number of anilines is 1. The molecular formula is C12H17ClN2O. The SMILES string of the molecule is CCOc1cccc(N(CCCl)C2CC2)n1. The van der Waals surface area contributed by atoms with E-state index in [2.05, 4.69) is 9.88 Å². The molecule has 2 rings (SSSR count). The molecule has 0 atom stereocenters. The lowest BCUT2D eigenvalue weighted by Gasteiger charge is -2.22. The first-order valence-electron chi connectivity index (χ1n) is 5.77. The first-order chi connectivity index (χ1) is 7.85. The van der Waals surface area contributed by atoms with Gasteiger partial charge in [0.25, 0.3) is 0 Å². The molecule has 1 heterocycles. The van der Waals surface area contributed by atoms with Crippen LogP contribution in [0.3, 0.4) is 0 Å². The van der Waals surface area contributed by atoms with Crippen molar-refractivity contribution in [2.24, 2.45) is 0 Å². The summed E-state index contributed by atoms with van der Waals surface area (Å²) in [4.78, 5) is 6.76. The summed E-state index contributed by atoms with van der Waals surface area (Å²) in [6.45, 7) is 3.47. The number of alkyl halides is 1. The van der Waals surface area contributed by atoms with Crippen LogP contribution in [0.25, 0.3) is 0 Å². The molecule has 0 saturated heterocycles. The number of halogens is 1. The lowest BCUT2D eigenvalue weighted by Crippen LogP contribution is -2.28. The zero-order valence-corrected chi connectivity index (χ0v) is 10.3. The molecule has 0 N–H and O–H groups in total. The van der Waals surface area contributed by atoms with Gasteiger partial charge in [-0.3, -0.25) is 0 Å². The molecule has 0 radical (unpaired) electrons. The normalized spacial score (nSPS) is 14.9. The van der Waals surface area contributed by atoms with Crippen molar-refractivity contribution in [2.75, 3.05) is 23.9 Å². The van der Waals surface area contributed by atoms with Gasteiger partial charge in [-0.1, -0.05) is 6.07 Å². The van der Waals surface area contributed by atoms with Gasteiger partial charge in [-0.15, -0.1) is 11.6 Å². The van der Waals surface area contributed by atoms with E-state index in [-0.39, 0.29) is 0 Å². The number of rotatable bonds is 6. The Hall–Kier alpha value is -0.960. The van der Waals surface area contributed by atoms with E-state index in [1.54, 1.807) is 0 Å². The molecule has 16 heavy (non-hydrogen) atoms. The van der Waals surface area contributed by atoms with E-state index in [1.165, 1.54) is 12.8 Å². The Morgan fingerprint density at radius 1 is 1.50 bits per heavy atom. The molecule has 0 aliphatic heterocycles. The number of hydrogen-bond donors (Lipinski definition) is 0. The minimum Gasteiger partial charge on any atom is -0.478 e. The second-order valence-corrected chi connectivity index (χ2v) is 4.26. The molecule has 1 aromatic rings. The summed E-state index contributed by atoms with van der Waals surface area (Å²) in [7, 11) is 0. The third-order valence-corrected chi connectivity index (χ3v) is 2.78. The van der Waals surface area contributed by atoms with Gasteiger partial charge < -0.3 is 9.64 Å². The van der Waals surface area contributed by atoms with Crippen molar-refractivity contribution in [3.63, 3.8) is 0 Å². The topological polar surface area (TPSA) is 25.4 Å². The summed E-state index contributed by atoms with van der Waals surface area (Å²) in [5.41, 5.74) is 0. The molecule has 1 saturated carbocycles. The van der Waals surface area contributed by atoms with Crippen molar-refractivity contribution in [1.29, 1.82) is 0 Å². The highest BCUT2D eigenvalue weighted by Crippen LogP contribution is 2.31. The van der Waals surface area contributed by atoms with Gasteiger partial charge in [-0.25, -0.2) is 0 Å². The molecule has 1 fully saturated rings.